The fourth-order valence-electron chi connectivity index (χ4n) is 1.64. The van der Waals surface area contributed by atoms with E-state index in [2.05, 4.69) is 6.92 Å². The summed E-state index contributed by atoms with van der Waals surface area (Å²) >= 11 is 0. The van der Waals surface area contributed by atoms with E-state index in [0.717, 1.165) is 18.4 Å². The van der Waals surface area contributed by atoms with E-state index in [0.29, 0.717) is 0 Å². The van der Waals surface area contributed by atoms with Crippen molar-refractivity contribution in [2.45, 2.75) is 38.8 Å². The van der Waals surface area contributed by atoms with Crippen molar-refractivity contribution >= 4 is 0 Å². The standard InChI is InChI=1S/C13H18F2/c1-3-11-6-4-5-7-12(8-11)9-13(2,15)10-14/h4-6,8H,3,7,9-10H2,1-2H3. The molecule has 84 valence electrons. The van der Waals surface area contributed by atoms with Crippen molar-refractivity contribution in [1.29, 1.82) is 0 Å². The van der Waals surface area contributed by atoms with E-state index < -0.39 is 12.3 Å². The van der Waals surface area contributed by atoms with Crippen LogP contribution in [0.3, 0.4) is 0 Å². The van der Waals surface area contributed by atoms with Gasteiger partial charge in [0, 0.05) is 6.42 Å². The minimum absolute atomic E-state index is 0.186. The molecule has 0 aliphatic heterocycles. The minimum atomic E-state index is -1.72. The van der Waals surface area contributed by atoms with Crippen molar-refractivity contribution in [2.24, 2.45) is 0 Å². The third-order valence-corrected chi connectivity index (χ3v) is 2.50. The molecule has 0 aromatic rings. The molecule has 1 aliphatic rings. The second-order valence-electron chi connectivity index (χ2n) is 4.25. The zero-order valence-electron chi connectivity index (χ0n) is 9.39. The summed E-state index contributed by atoms with van der Waals surface area (Å²) in [7, 11) is 0. The molecule has 1 aliphatic carbocycles. The first-order valence-corrected chi connectivity index (χ1v) is 5.37. The molecule has 1 unspecified atom stereocenters. The molecule has 1 rings (SSSR count). The first kappa shape index (κ1) is 12.2. The quantitative estimate of drug-likeness (QED) is 0.652. The zero-order chi connectivity index (χ0) is 11.3. The molecule has 1 atom stereocenters. The number of hydrogen-bond donors (Lipinski definition) is 0. The van der Waals surface area contributed by atoms with Crippen LogP contribution in [-0.4, -0.2) is 12.3 Å². The fraction of sp³-hybridized carbons (Fsp3) is 0.538. The highest BCUT2D eigenvalue weighted by Gasteiger charge is 2.24. The Morgan fingerprint density at radius 1 is 1.47 bits per heavy atom. The van der Waals surface area contributed by atoms with Crippen LogP contribution in [0, 0.1) is 0 Å². The van der Waals surface area contributed by atoms with Gasteiger partial charge in [-0.25, -0.2) is 8.78 Å². The van der Waals surface area contributed by atoms with Crippen LogP contribution in [0.15, 0.2) is 35.5 Å². The first-order chi connectivity index (χ1) is 7.07. The molecule has 0 spiro atoms. The second-order valence-corrected chi connectivity index (χ2v) is 4.25. The van der Waals surface area contributed by atoms with Crippen LogP contribution in [0.2, 0.25) is 0 Å². The summed E-state index contributed by atoms with van der Waals surface area (Å²) in [6.07, 6.45) is 9.82. The monoisotopic (exact) mass is 212 g/mol. The molecule has 2 heteroatoms. The average molecular weight is 212 g/mol. The van der Waals surface area contributed by atoms with Gasteiger partial charge in [-0.1, -0.05) is 36.8 Å². The lowest BCUT2D eigenvalue weighted by atomic mass is 9.96. The molecule has 0 heterocycles. The van der Waals surface area contributed by atoms with E-state index in [1.807, 2.05) is 24.3 Å². The number of rotatable bonds is 4. The van der Waals surface area contributed by atoms with Gasteiger partial charge in [0.05, 0.1) is 0 Å². The Labute approximate surface area is 90.4 Å². The van der Waals surface area contributed by atoms with E-state index >= 15 is 0 Å². The molecule has 0 bridgehead atoms. The summed E-state index contributed by atoms with van der Waals surface area (Å²) in [6, 6.07) is 0. The van der Waals surface area contributed by atoms with Crippen molar-refractivity contribution in [2.75, 3.05) is 6.67 Å². The lowest BCUT2D eigenvalue weighted by molar-refractivity contribution is 0.141. The highest BCUT2D eigenvalue weighted by atomic mass is 19.2. The molecule has 0 saturated carbocycles. The van der Waals surface area contributed by atoms with E-state index in [1.54, 1.807) is 0 Å². The van der Waals surface area contributed by atoms with E-state index in [-0.39, 0.29) is 6.42 Å². The Morgan fingerprint density at radius 3 is 2.80 bits per heavy atom. The first-order valence-electron chi connectivity index (χ1n) is 5.37. The van der Waals surface area contributed by atoms with Gasteiger partial charge < -0.3 is 0 Å². The van der Waals surface area contributed by atoms with Crippen LogP contribution in [0.1, 0.15) is 33.1 Å². The molecule has 0 aromatic carbocycles. The van der Waals surface area contributed by atoms with Crippen LogP contribution in [0.25, 0.3) is 0 Å². The molecular formula is C13H18F2. The highest BCUT2D eigenvalue weighted by Crippen LogP contribution is 2.26. The minimum Gasteiger partial charge on any atom is -0.248 e. The zero-order valence-corrected chi connectivity index (χ0v) is 9.39. The Hall–Kier alpha value is -0.920. The van der Waals surface area contributed by atoms with Gasteiger partial charge in [-0.05, 0) is 25.3 Å². The van der Waals surface area contributed by atoms with Gasteiger partial charge in [-0.15, -0.1) is 0 Å². The molecule has 0 N–H and O–H groups in total. The van der Waals surface area contributed by atoms with Crippen LogP contribution in [0.4, 0.5) is 8.78 Å². The van der Waals surface area contributed by atoms with Crippen LogP contribution in [-0.2, 0) is 0 Å². The maximum Gasteiger partial charge on any atom is 0.140 e. The van der Waals surface area contributed by atoms with Crippen LogP contribution in [0.5, 0.6) is 0 Å². The average Bonchev–Trinajstić information content (AvgIpc) is 2.42. The number of alkyl halides is 2. The molecule has 0 fully saturated rings. The molecule has 0 nitrogen and oxygen atoms in total. The molecule has 0 amide bonds. The maximum absolute atomic E-state index is 13.5. The Morgan fingerprint density at radius 2 is 2.20 bits per heavy atom. The summed E-state index contributed by atoms with van der Waals surface area (Å²) in [5.41, 5.74) is 0.427. The fourth-order valence-corrected chi connectivity index (χ4v) is 1.64. The molecule has 0 radical (unpaired) electrons. The Kier molecular flexibility index (Phi) is 4.25. The van der Waals surface area contributed by atoms with Gasteiger partial charge in [-0.3, -0.25) is 0 Å². The van der Waals surface area contributed by atoms with Crippen molar-refractivity contribution in [3.05, 3.63) is 35.5 Å². The second kappa shape index (κ2) is 5.24. The van der Waals surface area contributed by atoms with Gasteiger partial charge in [0.1, 0.15) is 12.3 Å². The summed E-state index contributed by atoms with van der Waals surface area (Å²) in [5, 5.41) is 0. The molecule has 0 saturated heterocycles. The summed E-state index contributed by atoms with van der Waals surface area (Å²) < 4.78 is 25.9. The summed E-state index contributed by atoms with van der Waals surface area (Å²) in [6.45, 7) is 2.46. The summed E-state index contributed by atoms with van der Waals surface area (Å²) in [5.74, 6) is 0. The van der Waals surface area contributed by atoms with Crippen molar-refractivity contribution in [3.8, 4) is 0 Å². The van der Waals surface area contributed by atoms with Gasteiger partial charge in [0.2, 0.25) is 0 Å². The number of hydrogen-bond acceptors (Lipinski definition) is 0. The van der Waals surface area contributed by atoms with E-state index in [4.69, 9.17) is 0 Å². The molecule has 15 heavy (non-hydrogen) atoms. The summed E-state index contributed by atoms with van der Waals surface area (Å²) in [4.78, 5) is 0. The van der Waals surface area contributed by atoms with Crippen molar-refractivity contribution in [1.82, 2.24) is 0 Å². The van der Waals surface area contributed by atoms with Gasteiger partial charge in [0.25, 0.3) is 0 Å². The van der Waals surface area contributed by atoms with Gasteiger partial charge in [-0.2, -0.15) is 0 Å². The Bertz CT molecular complexity index is 296. The lowest BCUT2D eigenvalue weighted by Gasteiger charge is -2.17. The lowest BCUT2D eigenvalue weighted by Crippen LogP contribution is -2.21. The predicted octanol–water partition coefficient (Wildman–Crippen LogP) is 4.30. The Balaban J connectivity index is 2.74. The number of allylic oxidation sites excluding steroid dienone is 6. The van der Waals surface area contributed by atoms with Gasteiger partial charge in [0.15, 0.2) is 0 Å². The molecule has 0 aromatic heterocycles. The van der Waals surface area contributed by atoms with Crippen LogP contribution >= 0.6 is 0 Å². The van der Waals surface area contributed by atoms with Crippen LogP contribution < -0.4 is 0 Å². The third kappa shape index (κ3) is 3.98. The SMILES string of the molecule is CCC1=CC=CCC(CC(C)(F)CF)=C1. The largest absolute Gasteiger partial charge is 0.248 e. The maximum atomic E-state index is 13.5. The normalized spacial score (nSPS) is 20.3. The van der Waals surface area contributed by atoms with E-state index in [1.165, 1.54) is 12.5 Å². The predicted molar refractivity (Wildman–Crippen MR) is 60.3 cm³/mol. The van der Waals surface area contributed by atoms with Crippen molar-refractivity contribution in [3.63, 3.8) is 0 Å². The smallest absolute Gasteiger partial charge is 0.140 e. The van der Waals surface area contributed by atoms with Gasteiger partial charge >= 0.3 is 0 Å². The highest BCUT2D eigenvalue weighted by molar-refractivity contribution is 5.32. The van der Waals surface area contributed by atoms with E-state index in [9.17, 15) is 8.78 Å². The third-order valence-electron chi connectivity index (χ3n) is 2.50. The van der Waals surface area contributed by atoms with Crippen molar-refractivity contribution < 1.29 is 8.78 Å². The topological polar surface area (TPSA) is 0 Å². The number of halogens is 2. The molecular weight excluding hydrogens is 194 g/mol.